The number of para-hydroxylation sites is 1. The fourth-order valence-electron chi connectivity index (χ4n) is 3.66. The molecular formula is C28H22N2O2S. The molecule has 0 bridgehead atoms. The van der Waals surface area contributed by atoms with Crippen molar-refractivity contribution in [2.24, 2.45) is 4.99 Å². The number of amidine groups is 1. The zero-order chi connectivity index (χ0) is 22.6. The summed E-state index contributed by atoms with van der Waals surface area (Å²) < 4.78 is 6.19. The molecule has 0 aliphatic carbocycles. The zero-order valence-corrected chi connectivity index (χ0v) is 18.9. The Morgan fingerprint density at radius 1 is 0.909 bits per heavy atom. The minimum absolute atomic E-state index is 0.158. The van der Waals surface area contributed by atoms with Crippen LogP contribution in [0.1, 0.15) is 16.7 Å². The van der Waals surface area contributed by atoms with Gasteiger partial charge in [0, 0.05) is 5.56 Å². The number of aliphatic imine (C=N–C) groups is 1. The van der Waals surface area contributed by atoms with Crippen LogP contribution < -0.4 is 10.1 Å². The maximum absolute atomic E-state index is 12.5. The Morgan fingerprint density at radius 2 is 1.67 bits per heavy atom. The number of benzene rings is 4. The lowest BCUT2D eigenvalue weighted by molar-refractivity contribution is -0.115. The van der Waals surface area contributed by atoms with E-state index >= 15 is 0 Å². The molecule has 4 aromatic rings. The number of carbonyl (C=O) groups excluding carboxylic acids is 1. The molecule has 162 valence electrons. The maximum Gasteiger partial charge on any atom is 0.264 e. The number of fused-ring (bicyclic) bond motifs is 1. The normalized spacial score (nSPS) is 15.8. The predicted octanol–water partition coefficient (Wildman–Crippen LogP) is 6.62. The van der Waals surface area contributed by atoms with Gasteiger partial charge in [-0.3, -0.25) is 4.79 Å². The van der Waals surface area contributed by atoms with Crippen LogP contribution in [0.2, 0.25) is 0 Å². The Kier molecular flexibility index (Phi) is 5.96. The fraction of sp³-hybridized carbons (Fsp3) is 0.0714. The molecule has 1 aliphatic heterocycles. The predicted molar refractivity (Wildman–Crippen MR) is 137 cm³/mol. The second kappa shape index (κ2) is 9.35. The van der Waals surface area contributed by atoms with Crippen LogP contribution in [0.4, 0.5) is 5.69 Å². The summed E-state index contributed by atoms with van der Waals surface area (Å²) in [5, 5.41) is 5.79. The number of ether oxygens (including phenoxy) is 1. The Labute approximate surface area is 197 Å². The molecule has 1 saturated heterocycles. The third-order valence-corrected chi connectivity index (χ3v) is 6.29. The molecule has 1 amide bonds. The lowest BCUT2D eigenvalue weighted by atomic mass is 10.1. The average Bonchev–Trinajstić information content (AvgIpc) is 3.18. The van der Waals surface area contributed by atoms with Crippen molar-refractivity contribution in [1.82, 2.24) is 5.32 Å². The second-order valence-corrected chi connectivity index (χ2v) is 8.81. The van der Waals surface area contributed by atoms with Crippen molar-refractivity contribution in [3.05, 3.63) is 113 Å². The number of rotatable bonds is 5. The highest BCUT2D eigenvalue weighted by molar-refractivity contribution is 8.18. The van der Waals surface area contributed by atoms with Gasteiger partial charge in [-0.25, -0.2) is 4.99 Å². The molecule has 0 aromatic heterocycles. The third kappa shape index (κ3) is 4.83. The topological polar surface area (TPSA) is 50.7 Å². The maximum atomic E-state index is 12.5. The minimum atomic E-state index is -0.158. The van der Waals surface area contributed by atoms with Crippen molar-refractivity contribution in [2.75, 3.05) is 0 Å². The van der Waals surface area contributed by atoms with E-state index in [1.54, 1.807) is 0 Å². The smallest absolute Gasteiger partial charge is 0.264 e. The highest BCUT2D eigenvalue weighted by Gasteiger charge is 2.24. The van der Waals surface area contributed by atoms with Crippen LogP contribution in [-0.4, -0.2) is 11.1 Å². The number of thioether (sulfide) groups is 1. The molecule has 0 radical (unpaired) electrons. The van der Waals surface area contributed by atoms with Gasteiger partial charge in [0.1, 0.15) is 12.4 Å². The molecule has 1 N–H and O–H groups in total. The third-order valence-electron chi connectivity index (χ3n) is 5.38. The number of hydrogen-bond donors (Lipinski definition) is 1. The lowest BCUT2D eigenvalue weighted by Gasteiger charge is -2.11. The van der Waals surface area contributed by atoms with E-state index in [0.717, 1.165) is 22.6 Å². The molecule has 5 heteroatoms. The van der Waals surface area contributed by atoms with Crippen LogP contribution in [0.5, 0.6) is 5.75 Å². The Bertz CT molecular complexity index is 1390. The summed E-state index contributed by atoms with van der Waals surface area (Å²) in [6, 6.07) is 30.1. The molecule has 4 nitrogen and oxygen atoms in total. The number of hydrogen-bond acceptors (Lipinski definition) is 4. The number of nitrogens with zero attached hydrogens (tertiary/aromatic N) is 1. The van der Waals surface area contributed by atoms with Crippen molar-refractivity contribution in [2.45, 2.75) is 13.5 Å². The summed E-state index contributed by atoms with van der Waals surface area (Å²) in [5.41, 5.74) is 3.95. The molecule has 0 spiro atoms. The summed E-state index contributed by atoms with van der Waals surface area (Å²) in [5.74, 6) is 0.574. The first kappa shape index (κ1) is 21.0. The van der Waals surface area contributed by atoms with Gasteiger partial charge in [0.15, 0.2) is 5.17 Å². The summed E-state index contributed by atoms with van der Waals surface area (Å²) >= 11 is 1.33. The van der Waals surface area contributed by atoms with Crippen LogP contribution in [0.15, 0.2) is 101 Å². The molecule has 0 saturated carbocycles. The van der Waals surface area contributed by atoms with Gasteiger partial charge >= 0.3 is 0 Å². The second-order valence-electron chi connectivity index (χ2n) is 7.78. The van der Waals surface area contributed by atoms with Crippen molar-refractivity contribution in [3.63, 3.8) is 0 Å². The van der Waals surface area contributed by atoms with Gasteiger partial charge in [-0.05, 0) is 59.3 Å². The van der Waals surface area contributed by atoms with Crippen LogP contribution in [-0.2, 0) is 11.4 Å². The number of amides is 1. The van der Waals surface area contributed by atoms with E-state index in [-0.39, 0.29) is 5.91 Å². The Hall–Kier alpha value is -3.83. The van der Waals surface area contributed by atoms with Gasteiger partial charge in [0.2, 0.25) is 0 Å². The van der Waals surface area contributed by atoms with Crippen molar-refractivity contribution >= 4 is 45.4 Å². The lowest BCUT2D eigenvalue weighted by Crippen LogP contribution is -2.19. The molecule has 0 atom stereocenters. The quantitative estimate of drug-likeness (QED) is 0.348. The van der Waals surface area contributed by atoms with Crippen LogP contribution in [0.3, 0.4) is 0 Å². The molecule has 33 heavy (non-hydrogen) atoms. The molecular weight excluding hydrogens is 428 g/mol. The van der Waals surface area contributed by atoms with E-state index in [0.29, 0.717) is 16.7 Å². The summed E-state index contributed by atoms with van der Waals surface area (Å²) in [4.78, 5) is 17.7. The van der Waals surface area contributed by atoms with Crippen molar-refractivity contribution in [1.29, 1.82) is 0 Å². The van der Waals surface area contributed by atoms with E-state index < -0.39 is 0 Å². The van der Waals surface area contributed by atoms with Gasteiger partial charge in [-0.2, -0.15) is 0 Å². The highest BCUT2D eigenvalue weighted by atomic mass is 32.2. The zero-order valence-electron chi connectivity index (χ0n) is 18.1. The van der Waals surface area contributed by atoms with Gasteiger partial charge < -0.3 is 10.1 Å². The van der Waals surface area contributed by atoms with Crippen LogP contribution in [0.25, 0.3) is 16.8 Å². The summed E-state index contributed by atoms with van der Waals surface area (Å²) in [7, 11) is 0. The summed E-state index contributed by atoms with van der Waals surface area (Å²) in [6.45, 7) is 2.48. The van der Waals surface area contributed by atoms with Gasteiger partial charge in [0.25, 0.3) is 5.91 Å². The summed E-state index contributed by atoms with van der Waals surface area (Å²) in [6.07, 6.45) is 1.86. The Morgan fingerprint density at radius 3 is 2.55 bits per heavy atom. The first-order valence-corrected chi connectivity index (χ1v) is 11.5. The van der Waals surface area contributed by atoms with Crippen LogP contribution >= 0.6 is 11.8 Å². The van der Waals surface area contributed by atoms with E-state index in [4.69, 9.17) is 4.74 Å². The van der Waals surface area contributed by atoms with E-state index in [1.807, 2.05) is 79.7 Å². The van der Waals surface area contributed by atoms with Crippen molar-refractivity contribution in [3.8, 4) is 5.75 Å². The highest BCUT2D eigenvalue weighted by Crippen LogP contribution is 2.31. The van der Waals surface area contributed by atoms with Gasteiger partial charge in [-0.1, -0.05) is 78.4 Å². The first-order valence-electron chi connectivity index (χ1n) is 10.7. The number of carbonyl (C=O) groups is 1. The SMILES string of the molecule is Cc1ccc(N=C2NC(=O)/C(=C/c3ccccc3OCc3cccc4ccccc34)S2)cc1. The first-order chi connectivity index (χ1) is 16.2. The average molecular weight is 451 g/mol. The Balaban J connectivity index is 1.36. The van der Waals surface area contributed by atoms with E-state index in [9.17, 15) is 4.79 Å². The number of nitrogens with one attached hydrogen (secondary N) is 1. The molecule has 4 aromatic carbocycles. The fourth-order valence-corrected chi connectivity index (χ4v) is 4.50. The monoisotopic (exact) mass is 450 g/mol. The molecule has 1 fully saturated rings. The molecule has 1 heterocycles. The van der Waals surface area contributed by atoms with E-state index in [2.05, 4.69) is 34.6 Å². The molecule has 5 rings (SSSR count). The van der Waals surface area contributed by atoms with Crippen LogP contribution in [0, 0.1) is 6.92 Å². The van der Waals surface area contributed by atoms with Gasteiger partial charge in [0.05, 0.1) is 10.6 Å². The standard InChI is InChI=1S/C28H22N2O2S/c1-19-13-15-23(16-14-19)29-28-30-27(31)26(33-28)17-21-8-3-5-12-25(21)32-18-22-10-6-9-20-7-2-4-11-24(20)22/h2-17H,18H2,1H3,(H,29,30,31)/b26-17-. The number of aryl methyl sites for hydroxylation is 1. The van der Waals surface area contributed by atoms with E-state index in [1.165, 1.54) is 28.1 Å². The molecule has 1 aliphatic rings. The largest absolute Gasteiger partial charge is 0.488 e. The van der Waals surface area contributed by atoms with Gasteiger partial charge in [-0.15, -0.1) is 0 Å². The minimum Gasteiger partial charge on any atom is -0.488 e. The molecule has 0 unspecified atom stereocenters. The van der Waals surface area contributed by atoms with Crippen molar-refractivity contribution < 1.29 is 9.53 Å².